The Balaban J connectivity index is 1.71. The van der Waals surface area contributed by atoms with E-state index in [0.29, 0.717) is 0 Å². The molecule has 0 aromatic carbocycles. The van der Waals surface area contributed by atoms with E-state index in [1.807, 2.05) is 0 Å². The fourth-order valence-electron chi connectivity index (χ4n) is 3.18. The standard InChI is InChI=1S/C14H28N2/c1-12(2)14-6-9-16(11-14)10-13-4-7-15(3)8-5-13/h12-14H,4-11H2,1-3H3. The quantitative estimate of drug-likeness (QED) is 0.726. The largest absolute Gasteiger partial charge is 0.306 e. The van der Waals surface area contributed by atoms with E-state index in [2.05, 4.69) is 30.7 Å². The van der Waals surface area contributed by atoms with Crippen molar-refractivity contribution in [1.82, 2.24) is 9.80 Å². The average Bonchev–Trinajstić information content (AvgIpc) is 2.70. The van der Waals surface area contributed by atoms with Crippen LogP contribution in [-0.2, 0) is 0 Å². The zero-order valence-electron chi connectivity index (χ0n) is 11.3. The minimum absolute atomic E-state index is 0.877. The van der Waals surface area contributed by atoms with Gasteiger partial charge in [0.15, 0.2) is 0 Å². The molecule has 0 spiro atoms. The molecule has 1 atom stereocenters. The number of hydrogen-bond donors (Lipinski definition) is 0. The van der Waals surface area contributed by atoms with Gasteiger partial charge in [0, 0.05) is 13.1 Å². The van der Waals surface area contributed by atoms with Gasteiger partial charge in [-0.25, -0.2) is 0 Å². The van der Waals surface area contributed by atoms with Crippen molar-refractivity contribution in [3.05, 3.63) is 0 Å². The predicted molar refractivity (Wildman–Crippen MR) is 69.6 cm³/mol. The van der Waals surface area contributed by atoms with E-state index < -0.39 is 0 Å². The van der Waals surface area contributed by atoms with Gasteiger partial charge in [-0.2, -0.15) is 0 Å². The van der Waals surface area contributed by atoms with Crippen LogP contribution in [-0.4, -0.2) is 49.6 Å². The van der Waals surface area contributed by atoms with Gasteiger partial charge in [0.05, 0.1) is 0 Å². The summed E-state index contributed by atoms with van der Waals surface area (Å²) in [5, 5.41) is 0. The van der Waals surface area contributed by atoms with Crippen LogP contribution in [0.5, 0.6) is 0 Å². The summed E-state index contributed by atoms with van der Waals surface area (Å²) in [6.45, 7) is 11.5. The summed E-state index contributed by atoms with van der Waals surface area (Å²) >= 11 is 0. The second kappa shape index (κ2) is 5.50. The molecule has 0 aromatic rings. The van der Waals surface area contributed by atoms with Gasteiger partial charge >= 0.3 is 0 Å². The third-order valence-corrected chi connectivity index (χ3v) is 4.61. The highest BCUT2D eigenvalue weighted by Gasteiger charge is 2.27. The highest BCUT2D eigenvalue weighted by molar-refractivity contribution is 4.81. The van der Waals surface area contributed by atoms with Crippen molar-refractivity contribution in [3.63, 3.8) is 0 Å². The average molecular weight is 224 g/mol. The minimum Gasteiger partial charge on any atom is -0.306 e. The van der Waals surface area contributed by atoms with Crippen LogP contribution in [0.1, 0.15) is 33.1 Å². The first kappa shape index (κ1) is 12.4. The van der Waals surface area contributed by atoms with Crippen LogP contribution >= 0.6 is 0 Å². The van der Waals surface area contributed by atoms with Crippen molar-refractivity contribution in [2.45, 2.75) is 33.1 Å². The number of rotatable bonds is 3. The van der Waals surface area contributed by atoms with Gasteiger partial charge in [-0.1, -0.05) is 13.8 Å². The summed E-state index contributed by atoms with van der Waals surface area (Å²) in [6.07, 6.45) is 4.27. The minimum atomic E-state index is 0.877. The van der Waals surface area contributed by atoms with Gasteiger partial charge in [-0.05, 0) is 63.7 Å². The van der Waals surface area contributed by atoms with Gasteiger partial charge in [0.2, 0.25) is 0 Å². The molecule has 94 valence electrons. The Kier molecular flexibility index (Phi) is 4.26. The molecule has 0 bridgehead atoms. The van der Waals surface area contributed by atoms with Crippen LogP contribution in [0.4, 0.5) is 0 Å². The molecule has 0 radical (unpaired) electrons. The Morgan fingerprint density at radius 2 is 1.75 bits per heavy atom. The molecule has 0 aliphatic carbocycles. The molecular formula is C14H28N2. The van der Waals surface area contributed by atoms with Crippen LogP contribution in [0.2, 0.25) is 0 Å². The monoisotopic (exact) mass is 224 g/mol. The molecule has 2 rings (SSSR count). The maximum Gasteiger partial charge on any atom is 0.00127 e. The van der Waals surface area contributed by atoms with Crippen molar-refractivity contribution < 1.29 is 0 Å². The van der Waals surface area contributed by atoms with Crippen LogP contribution in [0.15, 0.2) is 0 Å². The van der Waals surface area contributed by atoms with Crippen molar-refractivity contribution in [3.8, 4) is 0 Å². The van der Waals surface area contributed by atoms with Crippen molar-refractivity contribution >= 4 is 0 Å². The number of nitrogens with zero attached hydrogens (tertiary/aromatic N) is 2. The zero-order valence-corrected chi connectivity index (χ0v) is 11.3. The molecular weight excluding hydrogens is 196 g/mol. The van der Waals surface area contributed by atoms with Gasteiger partial charge < -0.3 is 9.80 Å². The van der Waals surface area contributed by atoms with E-state index in [-0.39, 0.29) is 0 Å². The van der Waals surface area contributed by atoms with Crippen LogP contribution in [0, 0.1) is 17.8 Å². The Hall–Kier alpha value is -0.0800. The summed E-state index contributed by atoms with van der Waals surface area (Å²) in [6, 6.07) is 0. The molecule has 1 unspecified atom stereocenters. The second-order valence-corrected chi connectivity index (χ2v) is 6.30. The molecule has 2 heteroatoms. The molecule has 0 aromatic heterocycles. The Bertz CT molecular complexity index is 207. The maximum atomic E-state index is 2.72. The normalized spacial score (nSPS) is 30.4. The molecule has 2 nitrogen and oxygen atoms in total. The van der Waals surface area contributed by atoms with Gasteiger partial charge in [-0.15, -0.1) is 0 Å². The first-order valence-corrected chi connectivity index (χ1v) is 7.06. The van der Waals surface area contributed by atoms with Gasteiger partial charge in [0.25, 0.3) is 0 Å². The van der Waals surface area contributed by atoms with E-state index in [1.165, 1.54) is 52.0 Å². The lowest BCUT2D eigenvalue weighted by atomic mass is 9.95. The SMILES string of the molecule is CC(C)C1CCN(CC2CCN(C)CC2)C1. The second-order valence-electron chi connectivity index (χ2n) is 6.30. The molecule has 2 saturated heterocycles. The predicted octanol–water partition coefficient (Wildman–Crippen LogP) is 2.31. The summed E-state index contributed by atoms with van der Waals surface area (Å²) in [5.41, 5.74) is 0. The van der Waals surface area contributed by atoms with E-state index in [1.54, 1.807) is 0 Å². The van der Waals surface area contributed by atoms with Crippen molar-refractivity contribution in [1.29, 1.82) is 0 Å². The van der Waals surface area contributed by atoms with Gasteiger partial charge in [-0.3, -0.25) is 0 Å². The summed E-state index contributed by atoms with van der Waals surface area (Å²) < 4.78 is 0. The molecule has 0 saturated carbocycles. The fourth-order valence-corrected chi connectivity index (χ4v) is 3.18. The molecule has 0 N–H and O–H groups in total. The lowest BCUT2D eigenvalue weighted by Gasteiger charge is -2.31. The zero-order chi connectivity index (χ0) is 11.5. The smallest absolute Gasteiger partial charge is 0.00127 e. The Morgan fingerprint density at radius 3 is 2.31 bits per heavy atom. The summed E-state index contributed by atoms with van der Waals surface area (Å²) in [5.74, 6) is 2.82. The number of piperidine rings is 1. The van der Waals surface area contributed by atoms with E-state index in [0.717, 1.165) is 17.8 Å². The summed E-state index contributed by atoms with van der Waals surface area (Å²) in [7, 11) is 2.25. The lowest BCUT2D eigenvalue weighted by Crippen LogP contribution is -2.36. The maximum absolute atomic E-state index is 2.72. The number of likely N-dealkylation sites (tertiary alicyclic amines) is 2. The molecule has 0 amide bonds. The summed E-state index contributed by atoms with van der Waals surface area (Å²) in [4.78, 5) is 5.19. The highest BCUT2D eigenvalue weighted by atomic mass is 15.2. The molecule has 2 aliphatic rings. The third kappa shape index (κ3) is 3.21. The fraction of sp³-hybridized carbons (Fsp3) is 1.00. The molecule has 2 fully saturated rings. The van der Waals surface area contributed by atoms with Crippen LogP contribution in [0.3, 0.4) is 0 Å². The topological polar surface area (TPSA) is 6.48 Å². The third-order valence-electron chi connectivity index (χ3n) is 4.61. The number of hydrogen-bond acceptors (Lipinski definition) is 2. The molecule has 2 heterocycles. The molecule has 16 heavy (non-hydrogen) atoms. The van der Waals surface area contributed by atoms with Crippen LogP contribution < -0.4 is 0 Å². The van der Waals surface area contributed by atoms with Gasteiger partial charge in [0.1, 0.15) is 0 Å². The Labute approximate surface area is 101 Å². The van der Waals surface area contributed by atoms with Crippen molar-refractivity contribution in [2.75, 3.05) is 39.8 Å². The van der Waals surface area contributed by atoms with Crippen LogP contribution in [0.25, 0.3) is 0 Å². The van der Waals surface area contributed by atoms with E-state index >= 15 is 0 Å². The van der Waals surface area contributed by atoms with E-state index in [9.17, 15) is 0 Å². The first-order chi connectivity index (χ1) is 7.65. The van der Waals surface area contributed by atoms with E-state index in [4.69, 9.17) is 0 Å². The Morgan fingerprint density at radius 1 is 1.06 bits per heavy atom. The highest BCUT2D eigenvalue weighted by Crippen LogP contribution is 2.26. The lowest BCUT2D eigenvalue weighted by molar-refractivity contribution is 0.171. The molecule has 2 aliphatic heterocycles. The van der Waals surface area contributed by atoms with Crippen molar-refractivity contribution in [2.24, 2.45) is 17.8 Å². The first-order valence-electron chi connectivity index (χ1n) is 7.06.